The molecule has 0 aromatic heterocycles. The molecule has 5 nitrogen and oxygen atoms in total. The van der Waals surface area contributed by atoms with E-state index in [1.165, 1.54) is 19.8 Å². The van der Waals surface area contributed by atoms with Crippen LogP contribution >= 0.6 is 0 Å². The molecule has 0 bridgehead atoms. The minimum atomic E-state index is -0.0747. The second-order valence-corrected chi connectivity index (χ2v) is 5.67. The van der Waals surface area contributed by atoms with Gasteiger partial charge in [0, 0.05) is 24.7 Å². The summed E-state index contributed by atoms with van der Waals surface area (Å²) in [5, 5.41) is 9.79. The van der Waals surface area contributed by atoms with Gasteiger partial charge < -0.3 is 20.7 Å². The molecule has 116 valence electrons. The molecule has 5 heteroatoms. The first-order chi connectivity index (χ1) is 10.1. The van der Waals surface area contributed by atoms with Gasteiger partial charge >= 0.3 is 0 Å². The molecular weight excluding hydrogens is 266 g/mol. The van der Waals surface area contributed by atoms with Gasteiger partial charge in [-0.25, -0.2) is 0 Å². The number of amides is 1. The molecule has 0 saturated carbocycles. The summed E-state index contributed by atoms with van der Waals surface area (Å²) < 4.78 is 5.39. The number of nitrogens with one attached hydrogen (secondary N) is 3. The fourth-order valence-corrected chi connectivity index (χ4v) is 2.81. The molecule has 0 radical (unpaired) electrons. The maximum absolute atomic E-state index is 11.2. The minimum Gasteiger partial charge on any atom is -0.495 e. The second-order valence-electron chi connectivity index (χ2n) is 5.67. The molecular formula is C16H25N3O2. The van der Waals surface area contributed by atoms with Gasteiger partial charge in [-0.15, -0.1) is 0 Å². The zero-order valence-electron chi connectivity index (χ0n) is 13.0. The van der Waals surface area contributed by atoms with Crippen LogP contribution in [0.25, 0.3) is 0 Å². The van der Waals surface area contributed by atoms with Gasteiger partial charge in [0.15, 0.2) is 0 Å². The van der Waals surface area contributed by atoms with Crippen molar-refractivity contribution in [3.63, 3.8) is 0 Å². The first kappa shape index (κ1) is 15.6. The molecule has 1 aliphatic heterocycles. The van der Waals surface area contributed by atoms with Crippen LogP contribution in [0.3, 0.4) is 0 Å². The van der Waals surface area contributed by atoms with Crippen LogP contribution in [0.15, 0.2) is 18.2 Å². The van der Waals surface area contributed by atoms with Gasteiger partial charge in [-0.2, -0.15) is 0 Å². The van der Waals surface area contributed by atoms with Crippen LogP contribution in [0.4, 0.5) is 11.4 Å². The van der Waals surface area contributed by atoms with E-state index < -0.39 is 0 Å². The molecule has 3 N–H and O–H groups in total. The van der Waals surface area contributed by atoms with Crippen molar-refractivity contribution in [2.45, 2.75) is 45.2 Å². The van der Waals surface area contributed by atoms with Gasteiger partial charge in [0.25, 0.3) is 0 Å². The van der Waals surface area contributed by atoms with Crippen LogP contribution in [-0.2, 0) is 4.79 Å². The molecule has 2 unspecified atom stereocenters. The molecule has 2 atom stereocenters. The highest BCUT2D eigenvalue weighted by atomic mass is 16.5. The Bertz CT molecular complexity index is 484. The van der Waals surface area contributed by atoms with E-state index in [0.29, 0.717) is 12.1 Å². The lowest BCUT2D eigenvalue weighted by molar-refractivity contribution is -0.114. The zero-order valence-corrected chi connectivity index (χ0v) is 13.0. The molecule has 1 fully saturated rings. The van der Waals surface area contributed by atoms with Gasteiger partial charge in [-0.1, -0.05) is 0 Å². The molecule has 21 heavy (non-hydrogen) atoms. The van der Waals surface area contributed by atoms with Crippen molar-refractivity contribution in [2.24, 2.45) is 0 Å². The van der Waals surface area contributed by atoms with E-state index >= 15 is 0 Å². The molecule has 1 amide bonds. The third-order valence-electron chi connectivity index (χ3n) is 3.72. The molecule has 1 aliphatic rings. The Hall–Kier alpha value is -1.75. The maximum atomic E-state index is 11.2. The zero-order chi connectivity index (χ0) is 15.2. The van der Waals surface area contributed by atoms with Crippen LogP contribution in [0.5, 0.6) is 5.75 Å². The Labute approximate surface area is 126 Å². The van der Waals surface area contributed by atoms with E-state index in [-0.39, 0.29) is 5.91 Å². The maximum Gasteiger partial charge on any atom is 0.221 e. The van der Waals surface area contributed by atoms with E-state index in [4.69, 9.17) is 4.74 Å². The standard InChI is InChI=1S/C16H25N3O2/c1-11(9-13-5-4-8-17-13)18-15-10-14(19-12(2)20)6-7-16(15)21-3/h6-7,10-11,13,17-18H,4-5,8-9H2,1-3H3,(H,19,20). The highest BCUT2D eigenvalue weighted by Gasteiger charge is 2.17. The van der Waals surface area contributed by atoms with Gasteiger partial charge in [-0.05, 0) is 50.9 Å². The van der Waals surface area contributed by atoms with E-state index in [0.717, 1.165) is 30.1 Å². The summed E-state index contributed by atoms with van der Waals surface area (Å²) in [6.07, 6.45) is 3.58. The quantitative estimate of drug-likeness (QED) is 0.754. The van der Waals surface area contributed by atoms with Gasteiger partial charge in [0.2, 0.25) is 5.91 Å². The van der Waals surface area contributed by atoms with Gasteiger partial charge in [0.1, 0.15) is 5.75 Å². The third kappa shape index (κ3) is 4.63. The van der Waals surface area contributed by atoms with Crippen molar-refractivity contribution in [1.29, 1.82) is 0 Å². The highest BCUT2D eigenvalue weighted by Crippen LogP contribution is 2.29. The molecule has 1 aromatic rings. The van der Waals surface area contributed by atoms with Gasteiger partial charge in [0.05, 0.1) is 12.8 Å². The predicted molar refractivity (Wildman–Crippen MR) is 86.0 cm³/mol. The van der Waals surface area contributed by atoms with Crippen molar-refractivity contribution in [3.05, 3.63) is 18.2 Å². The first-order valence-electron chi connectivity index (χ1n) is 7.54. The summed E-state index contributed by atoms with van der Waals surface area (Å²) >= 11 is 0. The average molecular weight is 291 g/mol. The van der Waals surface area contributed by atoms with Crippen LogP contribution in [-0.4, -0.2) is 31.6 Å². The number of carbonyl (C=O) groups is 1. The van der Waals surface area contributed by atoms with E-state index in [1.807, 2.05) is 18.2 Å². The molecule has 2 rings (SSSR count). The van der Waals surface area contributed by atoms with E-state index in [1.54, 1.807) is 7.11 Å². The second kappa shape index (κ2) is 7.31. The van der Waals surface area contributed by atoms with Crippen molar-refractivity contribution >= 4 is 17.3 Å². The summed E-state index contributed by atoms with van der Waals surface area (Å²) in [4.78, 5) is 11.2. The van der Waals surface area contributed by atoms with Crippen molar-refractivity contribution in [2.75, 3.05) is 24.3 Å². The van der Waals surface area contributed by atoms with Gasteiger partial charge in [-0.3, -0.25) is 4.79 Å². The largest absolute Gasteiger partial charge is 0.495 e. The normalized spacial score (nSPS) is 19.1. The Balaban J connectivity index is 2.03. The lowest BCUT2D eigenvalue weighted by Crippen LogP contribution is -2.29. The number of rotatable bonds is 6. The summed E-state index contributed by atoms with van der Waals surface area (Å²) in [5.41, 5.74) is 1.69. The number of anilines is 2. The summed E-state index contributed by atoms with van der Waals surface area (Å²) in [5.74, 6) is 0.713. The SMILES string of the molecule is COc1ccc(NC(C)=O)cc1NC(C)CC1CCCN1. The minimum absolute atomic E-state index is 0.0747. The average Bonchev–Trinajstić information content (AvgIpc) is 2.91. The predicted octanol–water partition coefficient (Wildman–Crippen LogP) is 2.60. The number of hydrogen-bond donors (Lipinski definition) is 3. The smallest absolute Gasteiger partial charge is 0.221 e. The Morgan fingerprint density at radius 1 is 1.52 bits per heavy atom. The lowest BCUT2D eigenvalue weighted by atomic mass is 10.1. The first-order valence-corrected chi connectivity index (χ1v) is 7.54. The molecule has 1 saturated heterocycles. The molecule has 1 heterocycles. The van der Waals surface area contributed by atoms with Crippen molar-refractivity contribution < 1.29 is 9.53 Å². The van der Waals surface area contributed by atoms with Crippen LogP contribution < -0.4 is 20.7 Å². The fourth-order valence-electron chi connectivity index (χ4n) is 2.81. The Morgan fingerprint density at radius 2 is 2.33 bits per heavy atom. The van der Waals surface area contributed by atoms with Crippen LogP contribution in [0.1, 0.15) is 33.1 Å². The third-order valence-corrected chi connectivity index (χ3v) is 3.72. The Morgan fingerprint density at radius 3 is 2.95 bits per heavy atom. The van der Waals surface area contributed by atoms with Crippen LogP contribution in [0.2, 0.25) is 0 Å². The monoisotopic (exact) mass is 291 g/mol. The highest BCUT2D eigenvalue weighted by molar-refractivity contribution is 5.89. The van der Waals surface area contributed by atoms with E-state index in [2.05, 4.69) is 22.9 Å². The van der Waals surface area contributed by atoms with E-state index in [9.17, 15) is 4.79 Å². The van der Waals surface area contributed by atoms with Crippen molar-refractivity contribution in [3.8, 4) is 5.75 Å². The number of benzene rings is 1. The summed E-state index contributed by atoms with van der Waals surface area (Å²) in [7, 11) is 1.65. The topological polar surface area (TPSA) is 62.4 Å². The number of carbonyl (C=O) groups excluding carboxylic acids is 1. The number of methoxy groups -OCH3 is 1. The van der Waals surface area contributed by atoms with Crippen LogP contribution in [0, 0.1) is 0 Å². The summed E-state index contributed by atoms with van der Waals surface area (Å²) in [6, 6.07) is 6.56. The lowest BCUT2D eigenvalue weighted by Gasteiger charge is -2.21. The number of hydrogen-bond acceptors (Lipinski definition) is 4. The molecule has 1 aromatic carbocycles. The summed E-state index contributed by atoms with van der Waals surface area (Å²) in [6.45, 7) is 4.80. The molecule has 0 spiro atoms. The number of ether oxygens (including phenoxy) is 1. The van der Waals surface area contributed by atoms with Crippen molar-refractivity contribution in [1.82, 2.24) is 5.32 Å². The fraction of sp³-hybridized carbons (Fsp3) is 0.562. The molecule has 0 aliphatic carbocycles. The Kier molecular flexibility index (Phi) is 5.44.